The molecule has 1 heterocycles. The molecule has 6 heteroatoms. The smallest absolute Gasteiger partial charge is 0.357 e. The number of oxazole rings is 1. The van der Waals surface area contributed by atoms with E-state index in [0.29, 0.717) is 6.61 Å². The molecule has 6 nitrogen and oxygen atoms in total. The Kier molecular flexibility index (Phi) is 3.47. The molecule has 0 radical (unpaired) electrons. The lowest BCUT2D eigenvalue weighted by Crippen LogP contribution is -1.97. The number of carboxylic acid groups (broad SMARTS) is 1. The number of anilines is 2. The number of benzene rings is 1. The molecule has 2 aromatic rings. The van der Waals surface area contributed by atoms with Crippen LogP contribution in [-0.2, 0) is 0 Å². The van der Waals surface area contributed by atoms with Gasteiger partial charge in [-0.05, 0) is 31.2 Å². The predicted molar refractivity (Wildman–Crippen MR) is 64.4 cm³/mol. The summed E-state index contributed by atoms with van der Waals surface area (Å²) in [5, 5.41) is 11.5. The number of ether oxygens (including phenoxy) is 1. The van der Waals surface area contributed by atoms with E-state index in [1.54, 1.807) is 24.3 Å². The van der Waals surface area contributed by atoms with E-state index in [4.69, 9.17) is 14.3 Å². The first kappa shape index (κ1) is 12.0. The van der Waals surface area contributed by atoms with Crippen LogP contribution >= 0.6 is 0 Å². The van der Waals surface area contributed by atoms with Crippen LogP contribution in [0.15, 0.2) is 34.9 Å². The molecule has 0 fully saturated rings. The molecule has 0 bridgehead atoms. The molecule has 0 saturated carbocycles. The first-order chi connectivity index (χ1) is 8.69. The molecule has 1 aromatic carbocycles. The van der Waals surface area contributed by atoms with Crippen LogP contribution < -0.4 is 10.1 Å². The van der Waals surface area contributed by atoms with Crippen LogP contribution in [0.5, 0.6) is 5.75 Å². The summed E-state index contributed by atoms with van der Waals surface area (Å²) in [6.07, 6.45) is 1.08. The first-order valence-corrected chi connectivity index (χ1v) is 5.37. The van der Waals surface area contributed by atoms with Crippen molar-refractivity contribution in [3.8, 4) is 5.75 Å². The molecule has 0 atom stereocenters. The Balaban J connectivity index is 2.06. The molecule has 0 spiro atoms. The fourth-order valence-corrected chi connectivity index (χ4v) is 1.35. The summed E-state index contributed by atoms with van der Waals surface area (Å²) >= 11 is 0. The standard InChI is InChI=1S/C12H12N2O4/c1-2-17-9-5-3-8(4-6-9)13-12-14-10(7-18-12)11(15)16/h3-7H,2H2,1H3,(H,13,14)(H,15,16). The lowest BCUT2D eigenvalue weighted by Gasteiger charge is -2.04. The van der Waals surface area contributed by atoms with Gasteiger partial charge < -0.3 is 19.6 Å². The lowest BCUT2D eigenvalue weighted by molar-refractivity contribution is 0.0690. The number of aromatic carboxylic acids is 1. The minimum absolute atomic E-state index is 0.136. The zero-order valence-electron chi connectivity index (χ0n) is 9.71. The van der Waals surface area contributed by atoms with Crippen molar-refractivity contribution in [2.24, 2.45) is 0 Å². The van der Waals surface area contributed by atoms with Gasteiger partial charge in [-0.15, -0.1) is 0 Å². The van der Waals surface area contributed by atoms with Crippen LogP contribution in [0.1, 0.15) is 17.4 Å². The van der Waals surface area contributed by atoms with E-state index in [1.165, 1.54) is 0 Å². The second-order valence-electron chi connectivity index (χ2n) is 3.43. The number of rotatable bonds is 5. The highest BCUT2D eigenvalue weighted by Crippen LogP contribution is 2.19. The third-order valence-corrected chi connectivity index (χ3v) is 2.14. The molecule has 0 unspecified atom stereocenters. The summed E-state index contributed by atoms with van der Waals surface area (Å²) in [5.41, 5.74) is 0.598. The summed E-state index contributed by atoms with van der Waals surface area (Å²) in [7, 11) is 0. The highest BCUT2D eigenvalue weighted by atomic mass is 16.5. The SMILES string of the molecule is CCOc1ccc(Nc2nc(C(=O)O)co2)cc1. The molecule has 0 aliphatic heterocycles. The third-order valence-electron chi connectivity index (χ3n) is 2.14. The first-order valence-electron chi connectivity index (χ1n) is 5.37. The van der Waals surface area contributed by atoms with Crippen molar-refractivity contribution >= 4 is 17.7 Å². The summed E-state index contributed by atoms with van der Waals surface area (Å²) < 4.78 is 10.3. The van der Waals surface area contributed by atoms with Crippen molar-refractivity contribution in [1.29, 1.82) is 0 Å². The molecule has 0 aliphatic rings. The minimum atomic E-state index is -1.13. The van der Waals surface area contributed by atoms with Crippen molar-refractivity contribution in [2.45, 2.75) is 6.92 Å². The normalized spacial score (nSPS) is 10.1. The summed E-state index contributed by atoms with van der Waals surface area (Å²) in [5.74, 6) is -0.361. The van der Waals surface area contributed by atoms with E-state index < -0.39 is 5.97 Å². The Hall–Kier alpha value is -2.50. The quantitative estimate of drug-likeness (QED) is 0.845. The molecular formula is C12H12N2O4. The van der Waals surface area contributed by atoms with Crippen LogP contribution in [0.2, 0.25) is 0 Å². The average molecular weight is 248 g/mol. The van der Waals surface area contributed by atoms with Gasteiger partial charge in [-0.2, -0.15) is 4.98 Å². The fourth-order valence-electron chi connectivity index (χ4n) is 1.35. The predicted octanol–water partition coefficient (Wildman–Crippen LogP) is 2.52. The molecule has 1 aromatic heterocycles. The van der Waals surface area contributed by atoms with Gasteiger partial charge in [-0.25, -0.2) is 4.79 Å². The van der Waals surface area contributed by atoms with Crippen molar-refractivity contribution in [3.05, 3.63) is 36.2 Å². The van der Waals surface area contributed by atoms with Gasteiger partial charge in [0.25, 0.3) is 6.01 Å². The van der Waals surface area contributed by atoms with E-state index >= 15 is 0 Å². The van der Waals surface area contributed by atoms with E-state index in [0.717, 1.165) is 17.7 Å². The zero-order valence-corrected chi connectivity index (χ0v) is 9.71. The fraction of sp³-hybridized carbons (Fsp3) is 0.167. The summed E-state index contributed by atoms with van der Waals surface area (Å²) in [6, 6.07) is 7.31. The second-order valence-corrected chi connectivity index (χ2v) is 3.43. The van der Waals surface area contributed by atoms with Crippen molar-refractivity contribution in [2.75, 3.05) is 11.9 Å². The second kappa shape index (κ2) is 5.22. The third kappa shape index (κ3) is 2.79. The Morgan fingerprint density at radius 2 is 2.17 bits per heavy atom. The van der Waals surface area contributed by atoms with Gasteiger partial charge in [0.1, 0.15) is 12.0 Å². The highest BCUT2D eigenvalue weighted by Gasteiger charge is 2.10. The monoisotopic (exact) mass is 248 g/mol. The Morgan fingerprint density at radius 3 is 2.72 bits per heavy atom. The maximum absolute atomic E-state index is 10.6. The minimum Gasteiger partial charge on any atom is -0.494 e. The van der Waals surface area contributed by atoms with E-state index in [1.807, 2.05) is 6.92 Å². The molecule has 94 valence electrons. The largest absolute Gasteiger partial charge is 0.494 e. The molecule has 0 aliphatic carbocycles. The van der Waals surface area contributed by atoms with Gasteiger partial charge in [0, 0.05) is 5.69 Å². The van der Waals surface area contributed by atoms with E-state index in [-0.39, 0.29) is 11.7 Å². The number of carboxylic acids is 1. The van der Waals surface area contributed by atoms with Crippen molar-refractivity contribution in [1.82, 2.24) is 4.98 Å². The summed E-state index contributed by atoms with van der Waals surface area (Å²) in [6.45, 7) is 2.51. The van der Waals surface area contributed by atoms with Crippen molar-refractivity contribution < 1.29 is 19.1 Å². The Morgan fingerprint density at radius 1 is 1.44 bits per heavy atom. The average Bonchev–Trinajstić information content (AvgIpc) is 2.81. The highest BCUT2D eigenvalue weighted by molar-refractivity contribution is 5.85. The molecule has 0 amide bonds. The zero-order chi connectivity index (χ0) is 13.0. The van der Waals surface area contributed by atoms with Gasteiger partial charge in [-0.3, -0.25) is 0 Å². The topological polar surface area (TPSA) is 84.6 Å². The number of nitrogens with zero attached hydrogens (tertiary/aromatic N) is 1. The molecule has 18 heavy (non-hydrogen) atoms. The van der Waals surface area contributed by atoms with Crippen LogP contribution in [0, 0.1) is 0 Å². The summed E-state index contributed by atoms with van der Waals surface area (Å²) in [4.78, 5) is 14.4. The number of nitrogens with one attached hydrogen (secondary N) is 1. The molecule has 0 saturated heterocycles. The van der Waals surface area contributed by atoms with Crippen LogP contribution in [0.4, 0.5) is 11.7 Å². The number of hydrogen-bond donors (Lipinski definition) is 2. The van der Waals surface area contributed by atoms with Crippen LogP contribution in [0.25, 0.3) is 0 Å². The number of carbonyl (C=O) groups is 1. The molecule has 2 N–H and O–H groups in total. The van der Waals surface area contributed by atoms with Gasteiger partial charge in [0.05, 0.1) is 6.61 Å². The number of hydrogen-bond acceptors (Lipinski definition) is 5. The van der Waals surface area contributed by atoms with Crippen LogP contribution in [0.3, 0.4) is 0 Å². The molecule has 2 rings (SSSR count). The Bertz CT molecular complexity index is 533. The molecular weight excluding hydrogens is 236 g/mol. The van der Waals surface area contributed by atoms with E-state index in [9.17, 15) is 4.79 Å². The maximum Gasteiger partial charge on any atom is 0.357 e. The van der Waals surface area contributed by atoms with E-state index in [2.05, 4.69) is 10.3 Å². The van der Waals surface area contributed by atoms with Gasteiger partial charge in [0.2, 0.25) is 0 Å². The Labute approximate surface area is 103 Å². The van der Waals surface area contributed by atoms with Gasteiger partial charge >= 0.3 is 5.97 Å². The van der Waals surface area contributed by atoms with Gasteiger partial charge in [-0.1, -0.05) is 0 Å². The maximum atomic E-state index is 10.6. The number of aromatic nitrogens is 1. The lowest BCUT2D eigenvalue weighted by atomic mass is 10.3. The van der Waals surface area contributed by atoms with Crippen molar-refractivity contribution in [3.63, 3.8) is 0 Å². The van der Waals surface area contributed by atoms with Crippen LogP contribution in [-0.4, -0.2) is 22.7 Å². The van der Waals surface area contributed by atoms with Gasteiger partial charge in [0.15, 0.2) is 5.69 Å².